The Hall–Kier alpha value is -4.54. The van der Waals surface area contributed by atoms with Crippen molar-refractivity contribution in [3.8, 4) is 11.8 Å². The maximum Gasteiger partial charge on any atom is 0.416 e. The Morgan fingerprint density at radius 1 is 1.15 bits per heavy atom. The Morgan fingerprint density at radius 3 is 2.60 bits per heavy atom. The van der Waals surface area contributed by atoms with Crippen LogP contribution in [0.1, 0.15) is 32.6 Å². The van der Waals surface area contributed by atoms with Crippen molar-refractivity contribution in [2.75, 3.05) is 56.6 Å². The van der Waals surface area contributed by atoms with E-state index in [1.165, 1.54) is 36.9 Å². The zero-order valence-electron chi connectivity index (χ0n) is 21.9. The second-order valence-corrected chi connectivity index (χ2v) is 9.22. The predicted molar refractivity (Wildman–Crippen MR) is 146 cm³/mol. The minimum Gasteiger partial charge on any atom is -0.383 e. The second kappa shape index (κ2) is 12.1. The van der Waals surface area contributed by atoms with Gasteiger partial charge in [0.25, 0.3) is 5.91 Å². The monoisotopic (exact) mass is 551 g/mol. The lowest BCUT2D eigenvalue weighted by atomic mass is 10.0. The van der Waals surface area contributed by atoms with Crippen LogP contribution in [0.15, 0.2) is 43.0 Å². The number of carbonyl (C=O) groups excluding carboxylic acids is 1. The lowest BCUT2D eigenvalue weighted by Crippen LogP contribution is -2.44. The third-order valence-electron chi connectivity index (χ3n) is 6.36. The highest BCUT2D eigenvalue weighted by molar-refractivity contribution is 6.16. The number of likely N-dealkylation sites (N-methyl/N-ethyl adjacent to an activating group) is 1. The van der Waals surface area contributed by atoms with Crippen LogP contribution in [-0.2, 0) is 12.7 Å². The first-order valence-electron chi connectivity index (χ1n) is 12.3. The fourth-order valence-electron chi connectivity index (χ4n) is 4.17. The molecule has 4 rings (SSSR count). The second-order valence-electron chi connectivity index (χ2n) is 9.22. The minimum absolute atomic E-state index is 0.0110. The van der Waals surface area contributed by atoms with Gasteiger partial charge in [-0.1, -0.05) is 12.0 Å². The smallest absolute Gasteiger partial charge is 0.383 e. The molecule has 0 spiro atoms. The van der Waals surface area contributed by atoms with Crippen LogP contribution in [0, 0.1) is 17.3 Å². The van der Waals surface area contributed by atoms with E-state index in [1.807, 2.05) is 11.9 Å². The van der Waals surface area contributed by atoms with Gasteiger partial charge in [0.2, 0.25) is 0 Å². The molecular formula is C27H28F3N9O. The largest absolute Gasteiger partial charge is 0.416 e. The number of nitrogen functional groups attached to an aromatic ring is 1. The van der Waals surface area contributed by atoms with Gasteiger partial charge in [-0.2, -0.15) is 13.2 Å². The van der Waals surface area contributed by atoms with Gasteiger partial charge >= 0.3 is 6.18 Å². The first-order valence-corrected chi connectivity index (χ1v) is 12.3. The maximum atomic E-state index is 13.9. The molecule has 1 amide bonds. The van der Waals surface area contributed by atoms with Crippen molar-refractivity contribution in [1.82, 2.24) is 24.8 Å². The summed E-state index contributed by atoms with van der Waals surface area (Å²) >= 11 is 0. The van der Waals surface area contributed by atoms with Gasteiger partial charge in [-0.25, -0.2) is 9.97 Å². The number of nitrogens with two attached hydrogens (primary N) is 1. The summed E-state index contributed by atoms with van der Waals surface area (Å²) in [5, 5.41) is 13.6. The van der Waals surface area contributed by atoms with Crippen LogP contribution in [0.5, 0.6) is 0 Å². The average molecular weight is 552 g/mol. The van der Waals surface area contributed by atoms with Gasteiger partial charge in [0.15, 0.2) is 0 Å². The fourth-order valence-corrected chi connectivity index (χ4v) is 4.17. The van der Waals surface area contributed by atoms with E-state index in [1.54, 1.807) is 7.05 Å². The zero-order chi connectivity index (χ0) is 28.9. The number of alkyl halides is 3. The van der Waals surface area contributed by atoms with E-state index in [-0.39, 0.29) is 40.5 Å². The zero-order valence-corrected chi connectivity index (χ0v) is 21.9. The molecule has 0 aliphatic carbocycles. The van der Waals surface area contributed by atoms with Crippen LogP contribution in [0.2, 0.25) is 0 Å². The molecule has 40 heavy (non-hydrogen) atoms. The molecule has 1 aromatic carbocycles. The number of rotatable bonds is 6. The van der Waals surface area contributed by atoms with Crippen LogP contribution in [0.25, 0.3) is 0 Å². The lowest BCUT2D eigenvalue weighted by Gasteiger charge is -2.33. The quantitative estimate of drug-likeness (QED) is 0.271. The topological polar surface area (TPSA) is 136 Å². The Labute approximate surface area is 229 Å². The molecule has 3 heterocycles. The molecule has 13 heteroatoms. The van der Waals surface area contributed by atoms with Crippen molar-refractivity contribution in [3.63, 3.8) is 0 Å². The fraction of sp³-hybridized carbons (Fsp3) is 0.296. The molecule has 1 aliphatic heterocycles. The number of amides is 1. The highest BCUT2D eigenvalue weighted by Crippen LogP contribution is 2.34. The van der Waals surface area contributed by atoms with Gasteiger partial charge in [0.05, 0.1) is 16.7 Å². The van der Waals surface area contributed by atoms with E-state index in [0.29, 0.717) is 24.5 Å². The predicted octanol–water partition coefficient (Wildman–Crippen LogP) is 2.93. The summed E-state index contributed by atoms with van der Waals surface area (Å²) in [4.78, 5) is 28.9. The first-order chi connectivity index (χ1) is 19.0. The molecule has 3 aromatic rings. The molecule has 1 fully saturated rings. The normalized spacial score (nSPS) is 14.2. The number of aromatic nitrogens is 3. The minimum atomic E-state index is -4.58. The standard InChI is InChI=1S/C27H28F3N9O/c1-33-25-23(24(32)35-16-36-25)22(31)6-3-17-11-19(14-34-13-17)26(40)37-20-5-4-18(21(12-20)27(28,29)30)15-39-9-7-38(2)8-10-39/h4-5,11-14,16,31H,7-10,15H2,1-2H3,(H,37,40)(H3,32,33,35,36). The van der Waals surface area contributed by atoms with Gasteiger partial charge in [-0.3, -0.25) is 20.1 Å². The van der Waals surface area contributed by atoms with E-state index in [0.717, 1.165) is 19.2 Å². The molecule has 2 aromatic heterocycles. The van der Waals surface area contributed by atoms with E-state index in [4.69, 9.17) is 11.1 Å². The number of benzene rings is 1. The third-order valence-corrected chi connectivity index (χ3v) is 6.36. The van der Waals surface area contributed by atoms with Crippen molar-refractivity contribution >= 4 is 28.9 Å². The highest BCUT2D eigenvalue weighted by Gasteiger charge is 2.34. The number of piperazine rings is 1. The highest BCUT2D eigenvalue weighted by atomic mass is 19.4. The molecule has 10 nitrogen and oxygen atoms in total. The Bertz CT molecular complexity index is 1470. The van der Waals surface area contributed by atoms with Crippen LogP contribution >= 0.6 is 0 Å². The number of nitrogens with zero attached hydrogens (tertiary/aromatic N) is 5. The van der Waals surface area contributed by atoms with Crippen molar-refractivity contribution in [2.45, 2.75) is 12.7 Å². The van der Waals surface area contributed by atoms with Gasteiger partial charge < -0.3 is 21.3 Å². The van der Waals surface area contributed by atoms with Crippen molar-refractivity contribution in [3.05, 3.63) is 70.8 Å². The van der Waals surface area contributed by atoms with Crippen molar-refractivity contribution in [2.24, 2.45) is 0 Å². The molecule has 5 N–H and O–H groups in total. The van der Waals surface area contributed by atoms with Crippen LogP contribution in [0.4, 0.5) is 30.5 Å². The molecule has 0 unspecified atom stereocenters. The van der Waals surface area contributed by atoms with Crippen LogP contribution < -0.4 is 16.4 Å². The Kier molecular flexibility index (Phi) is 8.61. The number of nitrogens with one attached hydrogen (secondary N) is 3. The summed E-state index contributed by atoms with van der Waals surface area (Å²) in [7, 11) is 3.60. The average Bonchev–Trinajstić information content (AvgIpc) is 2.93. The van der Waals surface area contributed by atoms with E-state index in [9.17, 15) is 18.0 Å². The number of pyridine rings is 1. The summed E-state index contributed by atoms with van der Waals surface area (Å²) in [6.07, 6.45) is -0.642. The van der Waals surface area contributed by atoms with E-state index < -0.39 is 17.6 Å². The van der Waals surface area contributed by atoms with E-state index in [2.05, 4.69) is 42.3 Å². The SMILES string of the molecule is CNc1ncnc(N)c1C(=N)C#Cc1cncc(C(=O)Nc2ccc(CN3CCN(C)CC3)c(C(F)(F)F)c2)c1. The molecule has 208 valence electrons. The molecule has 0 bridgehead atoms. The van der Waals surface area contributed by atoms with Crippen LogP contribution in [-0.4, -0.2) is 76.6 Å². The summed E-state index contributed by atoms with van der Waals surface area (Å²) in [5.41, 5.74) is 5.74. The van der Waals surface area contributed by atoms with Gasteiger partial charge in [-0.05, 0) is 36.7 Å². The first kappa shape index (κ1) is 28.5. The molecule has 0 atom stereocenters. The van der Waals surface area contributed by atoms with Crippen molar-refractivity contribution in [1.29, 1.82) is 5.41 Å². The van der Waals surface area contributed by atoms with Crippen molar-refractivity contribution < 1.29 is 18.0 Å². The summed E-state index contributed by atoms with van der Waals surface area (Å²) in [6.45, 7) is 3.12. The molecular weight excluding hydrogens is 523 g/mol. The summed E-state index contributed by atoms with van der Waals surface area (Å²) in [5.74, 6) is 5.16. The number of carbonyl (C=O) groups is 1. The summed E-state index contributed by atoms with van der Waals surface area (Å²) < 4.78 is 41.7. The molecule has 1 aliphatic rings. The van der Waals surface area contributed by atoms with Crippen LogP contribution in [0.3, 0.4) is 0 Å². The molecule has 0 saturated carbocycles. The number of anilines is 3. The van der Waals surface area contributed by atoms with Gasteiger partial charge in [-0.15, -0.1) is 0 Å². The maximum absolute atomic E-state index is 13.9. The van der Waals surface area contributed by atoms with Gasteiger partial charge in [0.1, 0.15) is 23.7 Å². The molecule has 1 saturated heterocycles. The lowest BCUT2D eigenvalue weighted by molar-refractivity contribution is -0.138. The molecule has 0 radical (unpaired) electrons. The number of halogens is 3. The Morgan fingerprint density at radius 2 is 1.90 bits per heavy atom. The van der Waals surface area contributed by atoms with Gasteiger partial charge in [0, 0.05) is 63.4 Å². The third kappa shape index (κ3) is 6.90. The Balaban J connectivity index is 1.50. The van der Waals surface area contributed by atoms with E-state index >= 15 is 0 Å². The number of hydrogen-bond donors (Lipinski definition) is 4. The summed E-state index contributed by atoms with van der Waals surface area (Å²) in [6, 6.07) is 5.25. The number of hydrogen-bond acceptors (Lipinski definition) is 9.